The Bertz CT molecular complexity index is 2600. The second kappa shape index (κ2) is 15.0. The van der Waals surface area contributed by atoms with E-state index >= 15 is 0 Å². The van der Waals surface area contributed by atoms with E-state index in [-0.39, 0.29) is 33.8 Å². The zero-order chi connectivity index (χ0) is 41.9. The zero-order valence-electron chi connectivity index (χ0n) is 36.7. The molecule has 6 nitrogen and oxygen atoms in total. The minimum Gasteiger partial charge on any atom is -0.507 e. The summed E-state index contributed by atoms with van der Waals surface area (Å²) in [4.78, 5) is 20.2. The molecule has 6 heteroatoms. The van der Waals surface area contributed by atoms with E-state index in [2.05, 4.69) is 186 Å². The fraction of sp³-hybridized carbons (Fsp3) is 0.346. The number of rotatable bonds is 7. The molecule has 0 amide bonds. The van der Waals surface area contributed by atoms with E-state index < -0.39 is 0 Å². The number of aromatic hydroxyl groups is 1. The van der Waals surface area contributed by atoms with Gasteiger partial charge in [0.05, 0.1) is 17.1 Å². The van der Waals surface area contributed by atoms with Crippen LogP contribution in [0.25, 0.3) is 62.0 Å². The van der Waals surface area contributed by atoms with Crippen LogP contribution in [0.2, 0.25) is 0 Å². The summed E-state index contributed by atoms with van der Waals surface area (Å²) in [6, 6.07) is 32.4. The van der Waals surface area contributed by atoms with Crippen LogP contribution < -0.4 is 0 Å². The van der Waals surface area contributed by atoms with Crippen LogP contribution in [-0.4, -0.2) is 29.6 Å². The van der Waals surface area contributed by atoms with E-state index in [4.69, 9.17) is 19.9 Å². The van der Waals surface area contributed by atoms with Crippen LogP contribution in [0.3, 0.4) is 0 Å². The monoisotopic (exact) mass is 769 g/mol. The van der Waals surface area contributed by atoms with Gasteiger partial charge in [-0.15, -0.1) is 0 Å². The molecule has 0 bridgehead atoms. The minimum atomic E-state index is -0.263. The molecule has 7 rings (SSSR count). The average Bonchev–Trinajstić information content (AvgIpc) is 3.56. The number of pyridine rings is 1. The van der Waals surface area contributed by atoms with Crippen LogP contribution in [0, 0.1) is 0 Å². The number of imidazole rings is 1. The number of aromatic nitrogens is 5. The highest BCUT2D eigenvalue weighted by Gasteiger charge is 2.28. The lowest BCUT2D eigenvalue weighted by molar-refractivity contribution is 0.446. The highest BCUT2D eigenvalue weighted by atomic mass is 16.3. The number of benzene rings is 4. The maximum atomic E-state index is 12.0. The first-order valence-corrected chi connectivity index (χ1v) is 20.7. The van der Waals surface area contributed by atoms with Crippen molar-refractivity contribution in [3.63, 3.8) is 0 Å². The molecule has 0 spiro atoms. The predicted molar refractivity (Wildman–Crippen MR) is 242 cm³/mol. The van der Waals surface area contributed by atoms with Gasteiger partial charge in [0.25, 0.3) is 0 Å². The van der Waals surface area contributed by atoms with Crippen molar-refractivity contribution in [3.8, 4) is 56.5 Å². The third kappa shape index (κ3) is 7.81. The molecule has 7 aromatic rings. The normalized spacial score (nSPS) is 12.6. The molecule has 0 aliphatic carbocycles. The quantitative estimate of drug-likeness (QED) is 0.175. The smallest absolute Gasteiger partial charge is 0.198 e. The third-order valence-corrected chi connectivity index (χ3v) is 11.2. The van der Waals surface area contributed by atoms with E-state index in [1.807, 2.05) is 0 Å². The lowest BCUT2D eigenvalue weighted by Gasteiger charge is -2.28. The van der Waals surface area contributed by atoms with Crippen LogP contribution >= 0.6 is 0 Å². The molecular weight excluding hydrogens is 711 g/mol. The van der Waals surface area contributed by atoms with Crippen molar-refractivity contribution in [2.24, 2.45) is 0 Å². The van der Waals surface area contributed by atoms with Crippen molar-refractivity contribution >= 4 is 11.3 Å². The van der Waals surface area contributed by atoms with Crippen LogP contribution in [0.4, 0.5) is 0 Å². The van der Waals surface area contributed by atoms with Gasteiger partial charge in [-0.05, 0) is 97.9 Å². The van der Waals surface area contributed by atoms with Gasteiger partial charge < -0.3 is 5.11 Å². The first-order chi connectivity index (χ1) is 27.2. The third-order valence-electron chi connectivity index (χ3n) is 11.2. The molecular formula is C52H59N5O. The number of hydrogen-bond acceptors (Lipinski definition) is 5. The van der Waals surface area contributed by atoms with Gasteiger partial charge in [-0.3, -0.25) is 4.57 Å². The Morgan fingerprint density at radius 3 is 1.71 bits per heavy atom. The highest BCUT2D eigenvalue weighted by molar-refractivity contribution is 5.82. The first-order valence-electron chi connectivity index (χ1n) is 20.7. The number of fused-ring (bicyclic) bond motifs is 1. The van der Waals surface area contributed by atoms with Crippen LogP contribution in [-0.2, 0) is 16.2 Å². The molecule has 0 radical (unpaired) electrons. The second-order valence-electron chi connectivity index (χ2n) is 19.5. The Labute approximate surface area is 345 Å². The Morgan fingerprint density at radius 2 is 1.10 bits per heavy atom. The molecule has 0 fully saturated rings. The van der Waals surface area contributed by atoms with Crippen molar-refractivity contribution in [1.82, 2.24) is 24.5 Å². The second-order valence-corrected chi connectivity index (χ2v) is 19.5. The van der Waals surface area contributed by atoms with E-state index in [0.717, 1.165) is 61.9 Å². The van der Waals surface area contributed by atoms with Crippen molar-refractivity contribution in [2.75, 3.05) is 0 Å². The van der Waals surface area contributed by atoms with Gasteiger partial charge in [-0.1, -0.05) is 145 Å². The van der Waals surface area contributed by atoms with Crippen LogP contribution in [0.5, 0.6) is 5.75 Å². The maximum Gasteiger partial charge on any atom is 0.198 e. The fourth-order valence-electron chi connectivity index (χ4n) is 7.73. The fourth-order valence-corrected chi connectivity index (χ4v) is 7.73. The van der Waals surface area contributed by atoms with E-state index in [0.29, 0.717) is 5.65 Å². The van der Waals surface area contributed by atoms with Gasteiger partial charge in [-0.25, -0.2) is 19.9 Å². The average molecular weight is 770 g/mol. The molecule has 0 aliphatic heterocycles. The SMILES string of the molecule is CC(C)c1cc(-c2ccccc2)cc(C(C)C)c1-n1c(-c2cccc(-c3cc(C(C)(C)C)cc(-c4cc(C(C)(C)C)cc(C(C)(C)C)c4O)n3)c2)nc2nccnc21. The van der Waals surface area contributed by atoms with Gasteiger partial charge in [0, 0.05) is 34.6 Å². The number of phenolic OH excluding ortho intramolecular Hbond substituents is 1. The Balaban J connectivity index is 1.47. The van der Waals surface area contributed by atoms with E-state index in [1.54, 1.807) is 12.4 Å². The van der Waals surface area contributed by atoms with Gasteiger partial charge >= 0.3 is 0 Å². The van der Waals surface area contributed by atoms with Crippen molar-refractivity contribution in [2.45, 2.75) is 118 Å². The highest BCUT2D eigenvalue weighted by Crippen LogP contribution is 2.44. The molecule has 0 atom stereocenters. The predicted octanol–water partition coefficient (Wildman–Crippen LogP) is 13.7. The maximum absolute atomic E-state index is 12.0. The Kier molecular flexibility index (Phi) is 10.5. The summed E-state index contributed by atoms with van der Waals surface area (Å²) in [6.07, 6.45) is 3.46. The molecule has 0 saturated heterocycles. The van der Waals surface area contributed by atoms with E-state index in [9.17, 15) is 5.11 Å². The molecule has 4 aromatic carbocycles. The summed E-state index contributed by atoms with van der Waals surface area (Å²) in [5.74, 6) is 1.50. The number of nitrogens with zero attached hydrogens (tertiary/aromatic N) is 5. The summed E-state index contributed by atoms with van der Waals surface area (Å²) >= 11 is 0. The largest absolute Gasteiger partial charge is 0.507 e. The van der Waals surface area contributed by atoms with Crippen molar-refractivity contribution < 1.29 is 5.11 Å². The standard InChI is InChI=1S/C52H59N5O/c1-31(2)39-25-36(33-18-15-14-16-19-33)26-40(32(3)4)45(39)57-48(56-47-49(57)54-23-22-53-47)35-21-17-20-34(24-35)43-29-38(51(8,9)10)30-44(55-43)41-27-37(50(5,6)7)28-42(46(41)58)52(11,12)13/h14-32,58H,1-13H3. The molecule has 298 valence electrons. The first kappa shape index (κ1) is 40.6. The summed E-state index contributed by atoms with van der Waals surface area (Å²) < 4.78 is 2.23. The van der Waals surface area contributed by atoms with Gasteiger partial charge in [-0.2, -0.15) is 0 Å². The van der Waals surface area contributed by atoms with Gasteiger partial charge in [0.1, 0.15) is 11.6 Å². The van der Waals surface area contributed by atoms with Gasteiger partial charge in [0.2, 0.25) is 0 Å². The van der Waals surface area contributed by atoms with Gasteiger partial charge in [0.15, 0.2) is 11.3 Å². The Morgan fingerprint density at radius 1 is 0.534 bits per heavy atom. The molecule has 0 saturated carbocycles. The molecule has 0 unspecified atom stereocenters. The molecule has 0 aliphatic rings. The topological polar surface area (TPSA) is 76.7 Å². The summed E-state index contributed by atoms with van der Waals surface area (Å²) in [7, 11) is 0. The molecule has 3 heterocycles. The number of hydrogen-bond donors (Lipinski definition) is 1. The zero-order valence-corrected chi connectivity index (χ0v) is 36.7. The molecule has 58 heavy (non-hydrogen) atoms. The van der Waals surface area contributed by atoms with Crippen molar-refractivity contribution in [1.29, 1.82) is 0 Å². The molecule has 1 N–H and O–H groups in total. The lowest BCUT2D eigenvalue weighted by atomic mass is 9.78. The van der Waals surface area contributed by atoms with E-state index in [1.165, 1.54) is 22.3 Å². The summed E-state index contributed by atoms with van der Waals surface area (Å²) in [5, 5.41) is 12.0. The van der Waals surface area contributed by atoms with Crippen LogP contribution in [0.1, 0.15) is 130 Å². The Hall–Kier alpha value is -5.62. The summed E-state index contributed by atoms with van der Waals surface area (Å²) in [5.41, 5.74) is 14.2. The minimum absolute atomic E-state index is 0.122. The molecule has 3 aromatic heterocycles. The number of phenols is 1. The lowest BCUT2D eigenvalue weighted by Crippen LogP contribution is -2.17. The van der Waals surface area contributed by atoms with Crippen LogP contribution in [0.15, 0.2) is 103 Å². The van der Waals surface area contributed by atoms with Crippen molar-refractivity contribution in [3.05, 3.63) is 131 Å². The summed E-state index contributed by atoms with van der Waals surface area (Å²) in [6.45, 7) is 28.8.